The fourth-order valence-corrected chi connectivity index (χ4v) is 3.30. The van der Waals surface area contributed by atoms with Gasteiger partial charge >= 0.3 is 0 Å². The largest absolute Gasteiger partial charge is 0.497 e. The molecular formula is C20H29N5O2. The highest BCUT2D eigenvalue weighted by Crippen LogP contribution is 2.21. The Bertz CT molecular complexity index is 758. The van der Waals surface area contributed by atoms with Gasteiger partial charge in [0.15, 0.2) is 5.96 Å². The Balaban J connectivity index is 1.48. The lowest BCUT2D eigenvalue weighted by Gasteiger charge is -2.34. The van der Waals surface area contributed by atoms with Crippen molar-refractivity contribution >= 4 is 5.96 Å². The Hall–Kier alpha value is -2.54. The van der Waals surface area contributed by atoms with Gasteiger partial charge in [-0.05, 0) is 30.5 Å². The zero-order chi connectivity index (χ0) is 19.1. The summed E-state index contributed by atoms with van der Waals surface area (Å²) in [5.74, 6) is 1.84. The van der Waals surface area contributed by atoms with Crippen LogP contribution in [0.5, 0.6) is 5.75 Å². The highest BCUT2D eigenvalue weighted by Gasteiger charge is 2.24. The summed E-state index contributed by atoms with van der Waals surface area (Å²) in [4.78, 5) is 6.71. The first kappa shape index (κ1) is 19.2. The number of hydrogen-bond donors (Lipinski definition) is 1. The molecule has 27 heavy (non-hydrogen) atoms. The Morgan fingerprint density at radius 2 is 2.33 bits per heavy atom. The predicted molar refractivity (Wildman–Crippen MR) is 106 cm³/mol. The molecule has 0 bridgehead atoms. The molecule has 1 aliphatic heterocycles. The Labute approximate surface area is 161 Å². The van der Waals surface area contributed by atoms with Crippen molar-refractivity contribution in [2.75, 3.05) is 40.4 Å². The minimum absolute atomic E-state index is 0.0304. The lowest BCUT2D eigenvalue weighted by molar-refractivity contribution is -0.00801. The normalized spacial score (nSPS) is 17.8. The van der Waals surface area contributed by atoms with E-state index in [1.54, 1.807) is 7.11 Å². The Morgan fingerprint density at radius 3 is 3.07 bits per heavy atom. The van der Waals surface area contributed by atoms with Crippen molar-refractivity contribution in [3.8, 4) is 5.75 Å². The van der Waals surface area contributed by atoms with Crippen LogP contribution in [0, 0.1) is 0 Å². The van der Waals surface area contributed by atoms with Gasteiger partial charge in [-0.25, -0.2) is 0 Å². The van der Waals surface area contributed by atoms with Gasteiger partial charge in [-0.1, -0.05) is 12.1 Å². The lowest BCUT2D eigenvalue weighted by atomic mass is 10.1. The van der Waals surface area contributed by atoms with Gasteiger partial charge in [0.25, 0.3) is 0 Å². The van der Waals surface area contributed by atoms with Gasteiger partial charge in [0.05, 0.1) is 26.5 Å². The Kier molecular flexibility index (Phi) is 6.70. The van der Waals surface area contributed by atoms with Crippen LogP contribution in [0.1, 0.15) is 23.7 Å². The monoisotopic (exact) mass is 371 g/mol. The predicted octanol–water partition coefficient (Wildman–Crippen LogP) is 2.01. The first-order valence-electron chi connectivity index (χ1n) is 9.38. The third kappa shape index (κ3) is 5.23. The van der Waals surface area contributed by atoms with Crippen molar-refractivity contribution in [2.24, 2.45) is 12.0 Å². The van der Waals surface area contributed by atoms with Gasteiger partial charge in [-0.15, -0.1) is 0 Å². The lowest BCUT2D eigenvalue weighted by Crippen LogP contribution is -2.48. The van der Waals surface area contributed by atoms with E-state index >= 15 is 0 Å². The highest BCUT2D eigenvalue weighted by atomic mass is 16.5. The van der Waals surface area contributed by atoms with E-state index in [0.717, 1.165) is 49.7 Å². The number of ether oxygens (including phenoxy) is 2. The molecule has 1 aromatic carbocycles. The number of guanidine groups is 1. The van der Waals surface area contributed by atoms with E-state index in [9.17, 15) is 0 Å². The molecule has 0 saturated carbocycles. The second kappa shape index (κ2) is 9.41. The number of rotatable bonds is 6. The molecule has 1 fully saturated rings. The maximum atomic E-state index is 5.92. The van der Waals surface area contributed by atoms with Gasteiger partial charge in [0.1, 0.15) is 11.9 Å². The molecule has 3 rings (SSSR count). The fraction of sp³-hybridized carbons (Fsp3) is 0.500. The smallest absolute Gasteiger partial charge is 0.193 e. The van der Waals surface area contributed by atoms with Crippen molar-refractivity contribution in [3.63, 3.8) is 0 Å². The standard InChI is InChI=1S/C20H29N5O2/c1-21-20(22-9-5-7-16-6-4-8-18(12-16)26-3)25-10-11-27-19(15-25)17-13-23-24(2)14-17/h4,6,8,12-14,19H,5,7,9-11,15H2,1-3H3,(H,21,22). The number of nitrogens with zero attached hydrogens (tertiary/aromatic N) is 4. The molecule has 0 amide bonds. The van der Waals surface area contributed by atoms with E-state index in [1.165, 1.54) is 5.56 Å². The average Bonchev–Trinajstić information content (AvgIpc) is 3.15. The van der Waals surface area contributed by atoms with Gasteiger partial charge < -0.3 is 19.7 Å². The molecule has 1 atom stereocenters. The zero-order valence-corrected chi connectivity index (χ0v) is 16.4. The maximum absolute atomic E-state index is 5.92. The minimum Gasteiger partial charge on any atom is -0.497 e. The highest BCUT2D eigenvalue weighted by molar-refractivity contribution is 5.80. The third-order valence-corrected chi connectivity index (χ3v) is 4.73. The molecule has 2 heterocycles. The number of nitrogens with one attached hydrogen (secondary N) is 1. The molecule has 1 aromatic heterocycles. The number of aliphatic imine (C=N–C) groups is 1. The summed E-state index contributed by atoms with van der Waals surface area (Å²) >= 11 is 0. The van der Waals surface area contributed by atoms with Crippen molar-refractivity contribution in [3.05, 3.63) is 47.8 Å². The van der Waals surface area contributed by atoms with Crippen LogP contribution in [0.3, 0.4) is 0 Å². The summed E-state index contributed by atoms with van der Waals surface area (Å²) in [7, 11) is 5.46. The first-order valence-corrected chi connectivity index (χ1v) is 9.38. The van der Waals surface area contributed by atoms with Crippen LogP contribution in [0.25, 0.3) is 0 Å². The number of hydrogen-bond acceptors (Lipinski definition) is 4. The fourth-order valence-electron chi connectivity index (χ4n) is 3.30. The van der Waals surface area contributed by atoms with Crippen molar-refractivity contribution in [2.45, 2.75) is 18.9 Å². The maximum Gasteiger partial charge on any atom is 0.193 e. The van der Waals surface area contributed by atoms with Crippen LogP contribution in [0.2, 0.25) is 0 Å². The van der Waals surface area contributed by atoms with Gasteiger partial charge in [0, 0.05) is 38.9 Å². The molecule has 0 radical (unpaired) electrons. The summed E-state index contributed by atoms with van der Waals surface area (Å²) in [6, 6.07) is 8.24. The third-order valence-electron chi connectivity index (χ3n) is 4.73. The molecule has 1 aliphatic rings. The number of aryl methyl sites for hydroxylation is 2. The van der Waals surface area contributed by atoms with E-state index in [1.807, 2.05) is 43.3 Å². The van der Waals surface area contributed by atoms with Crippen LogP contribution in [-0.4, -0.2) is 61.0 Å². The number of benzene rings is 1. The van der Waals surface area contributed by atoms with Crippen LogP contribution >= 0.6 is 0 Å². The van der Waals surface area contributed by atoms with Crippen LogP contribution in [-0.2, 0) is 18.2 Å². The molecule has 0 aliphatic carbocycles. The molecule has 0 spiro atoms. The van der Waals surface area contributed by atoms with Gasteiger partial charge in [0.2, 0.25) is 0 Å². The van der Waals surface area contributed by atoms with Crippen molar-refractivity contribution in [1.82, 2.24) is 20.0 Å². The number of aromatic nitrogens is 2. The van der Waals surface area contributed by atoms with Crippen LogP contribution in [0.15, 0.2) is 41.7 Å². The van der Waals surface area contributed by atoms with E-state index in [-0.39, 0.29) is 6.10 Å². The number of methoxy groups -OCH3 is 1. The second-order valence-electron chi connectivity index (χ2n) is 6.68. The molecule has 2 aromatic rings. The summed E-state index contributed by atoms with van der Waals surface area (Å²) in [5.41, 5.74) is 2.39. The van der Waals surface area contributed by atoms with Crippen molar-refractivity contribution in [1.29, 1.82) is 0 Å². The molecule has 1 unspecified atom stereocenters. The molecule has 1 saturated heterocycles. The molecule has 146 valence electrons. The van der Waals surface area contributed by atoms with E-state index < -0.39 is 0 Å². The quantitative estimate of drug-likeness (QED) is 0.478. The summed E-state index contributed by atoms with van der Waals surface area (Å²) in [5, 5.41) is 7.73. The topological polar surface area (TPSA) is 63.9 Å². The van der Waals surface area contributed by atoms with Crippen LogP contribution in [0.4, 0.5) is 0 Å². The second-order valence-corrected chi connectivity index (χ2v) is 6.68. The number of morpholine rings is 1. The average molecular weight is 371 g/mol. The minimum atomic E-state index is 0.0304. The summed E-state index contributed by atoms with van der Waals surface area (Å²) in [6.07, 6.45) is 5.95. The van der Waals surface area contributed by atoms with Gasteiger partial charge in [-0.3, -0.25) is 9.67 Å². The van der Waals surface area contributed by atoms with Gasteiger partial charge in [-0.2, -0.15) is 5.10 Å². The molecule has 7 heteroatoms. The van der Waals surface area contributed by atoms with Crippen LogP contribution < -0.4 is 10.1 Å². The molecule has 1 N–H and O–H groups in total. The molecule has 7 nitrogen and oxygen atoms in total. The SMILES string of the molecule is CN=C(NCCCc1cccc(OC)c1)N1CCOC(c2cnn(C)c2)C1. The Morgan fingerprint density at radius 1 is 1.44 bits per heavy atom. The first-order chi connectivity index (χ1) is 13.2. The van der Waals surface area contributed by atoms with Crippen molar-refractivity contribution < 1.29 is 9.47 Å². The zero-order valence-electron chi connectivity index (χ0n) is 16.4. The summed E-state index contributed by atoms with van der Waals surface area (Å²) in [6.45, 7) is 3.18. The summed E-state index contributed by atoms with van der Waals surface area (Å²) < 4.78 is 13.0. The van der Waals surface area contributed by atoms with E-state index in [2.05, 4.69) is 32.4 Å². The molecular weight excluding hydrogens is 342 g/mol. The van der Waals surface area contributed by atoms with E-state index in [0.29, 0.717) is 6.61 Å². The van der Waals surface area contributed by atoms with E-state index in [4.69, 9.17) is 9.47 Å².